The van der Waals surface area contributed by atoms with Crippen LogP contribution in [0.25, 0.3) is 0 Å². The number of anilines is 1. The Morgan fingerprint density at radius 1 is 1.29 bits per heavy atom. The van der Waals surface area contributed by atoms with Gasteiger partial charge in [-0.15, -0.1) is 0 Å². The fourth-order valence-electron chi connectivity index (χ4n) is 3.62. The number of aromatic nitrogens is 1. The van der Waals surface area contributed by atoms with E-state index >= 15 is 0 Å². The molecule has 1 saturated heterocycles. The largest absolute Gasteiger partial charge is 0.384 e. The molecular weight excluding hydrogens is 260 g/mol. The number of piperidine rings is 1. The first kappa shape index (κ1) is 14.4. The van der Waals surface area contributed by atoms with Crippen molar-refractivity contribution >= 4 is 11.7 Å². The van der Waals surface area contributed by atoms with E-state index in [1.54, 1.807) is 0 Å². The molecule has 3 N–H and O–H groups in total. The van der Waals surface area contributed by atoms with Crippen LogP contribution >= 0.6 is 0 Å². The maximum atomic E-state index is 7.94. The van der Waals surface area contributed by atoms with Crippen molar-refractivity contribution in [3.8, 4) is 0 Å². The Morgan fingerprint density at radius 2 is 2.05 bits per heavy atom. The van der Waals surface area contributed by atoms with Gasteiger partial charge in [0, 0.05) is 18.3 Å². The van der Waals surface area contributed by atoms with Crippen LogP contribution < -0.4 is 10.6 Å². The Hall–Kier alpha value is -1.58. The molecule has 1 aliphatic carbocycles. The van der Waals surface area contributed by atoms with Gasteiger partial charge in [-0.2, -0.15) is 0 Å². The SMILES string of the molecule is CC1CCC(C)N(c2nc3c(cc2C(=N)N)CCCC3)C1. The number of amidine groups is 1. The molecule has 2 atom stereocenters. The van der Waals surface area contributed by atoms with Crippen LogP contribution in [0, 0.1) is 11.3 Å². The Kier molecular flexibility index (Phi) is 3.87. The summed E-state index contributed by atoms with van der Waals surface area (Å²) in [7, 11) is 0. The molecule has 4 heteroatoms. The topological polar surface area (TPSA) is 66.0 Å². The van der Waals surface area contributed by atoms with Crippen LogP contribution in [0.4, 0.5) is 5.82 Å². The average molecular weight is 286 g/mol. The standard InChI is InChI=1S/C17H26N4/c1-11-7-8-12(2)21(10-11)17-14(16(18)19)9-13-5-3-4-6-15(13)20-17/h9,11-12H,3-8,10H2,1-2H3,(H3,18,19). The van der Waals surface area contributed by atoms with Crippen LogP contribution in [0.1, 0.15) is 56.4 Å². The monoisotopic (exact) mass is 286 g/mol. The number of pyridine rings is 1. The van der Waals surface area contributed by atoms with Gasteiger partial charge in [0.1, 0.15) is 11.7 Å². The Labute approximate surface area is 127 Å². The van der Waals surface area contributed by atoms with E-state index < -0.39 is 0 Å². The number of rotatable bonds is 2. The highest BCUT2D eigenvalue weighted by atomic mass is 15.2. The third-order valence-corrected chi connectivity index (χ3v) is 4.96. The van der Waals surface area contributed by atoms with Gasteiger partial charge in [-0.3, -0.25) is 5.41 Å². The van der Waals surface area contributed by atoms with E-state index in [0.29, 0.717) is 12.0 Å². The van der Waals surface area contributed by atoms with Gasteiger partial charge in [-0.25, -0.2) is 4.98 Å². The summed E-state index contributed by atoms with van der Waals surface area (Å²) in [5.74, 6) is 1.78. The van der Waals surface area contributed by atoms with E-state index in [1.807, 2.05) is 0 Å². The first-order valence-electron chi connectivity index (χ1n) is 8.20. The lowest BCUT2D eigenvalue weighted by atomic mass is 9.92. The summed E-state index contributed by atoms with van der Waals surface area (Å²) in [6, 6.07) is 2.61. The maximum Gasteiger partial charge on any atom is 0.140 e. The van der Waals surface area contributed by atoms with Gasteiger partial charge in [-0.05, 0) is 63.0 Å². The molecule has 1 aliphatic heterocycles. The fraction of sp³-hybridized carbons (Fsp3) is 0.647. The van der Waals surface area contributed by atoms with Crippen molar-refractivity contribution < 1.29 is 0 Å². The summed E-state index contributed by atoms with van der Waals surface area (Å²) in [5.41, 5.74) is 9.21. The number of hydrogen-bond acceptors (Lipinski definition) is 3. The molecule has 2 aliphatic rings. The lowest BCUT2D eigenvalue weighted by molar-refractivity contribution is 0.387. The van der Waals surface area contributed by atoms with Crippen molar-refractivity contribution in [2.75, 3.05) is 11.4 Å². The molecule has 114 valence electrons. The van der Waals surface area contributed by atoms with Gasteiger partial charge in [0.15, 0.2) is 0 Å². The van der Waals surface area contributed by atoms with E-state index in [0.717, 1.165) is 30.8 Å². The molecule has 1 aromatic heterocycles. The number of aryl methyl sites for hydroxylation is 2. The minimum Gasteiger partial charge on any atom is -0.384 e. The van der Waals surface area contributed by atoms with Gasteiger partial charge < -0.3 is 10.6 Å². The second kappa shape index (κ2) is 5.66. The summed E-state index contributed by atoms with van der Waals surface area (Å²) >= 11 is 0. The van der Waals surface area contributed by atoms with E-state index in [2.05, 4.69) is 24.8 Å². The minimum atomic E-state index is 0.149. The number of fused-ring (bicyclic) bond motifs is 1. The molecule has 0 radical (unpaired) electrons. The molecule has 2 unspecified atom stereocenters. The minimum absolute atomic E-state index is 0.149. The fourth-order valence-corrected chi connectivity index (χ4v) is 3.62. The van der Waals surface area contributed by atoms with Crippen LogP contribution in [-0.4, -0.2) is 23.4 Å². The van der Waals surface area contributed by atoms with Crippen molar-refractivity contribution in [3.05, 3.63) is 22.9 Å². The Bertz CT molecular complexity index is 552. The summed E-state index contributed by atoms with van der Waals surface area (Å²) in [6.07, 6.45) is 7.07. The zero-order chi connectivity index (χ0) is 15.0. The van der Waals surface area contributed by atoms with Gasteiger partial charge in [0.2, 0.25) is 0 Å². The predicted octanol–water partition coefficient (Wildman–Crippen LogP) is 2.87. The van der Waals surface area contributed by atoms with Crippen LogP contribution in [-0.2, 0) is 12.8 Å². The van der Waals surface area contributed by atoms with E-state index in [9.17, 15) is 0 Å². The van der Waals surface area contributed by atoms with Crippen LogP contribution in [0.15, 0.2) is 6.07 Å². The molecule has 0 saturated carbocycles. The highest BCUT2D eigenvalue weighted by Crippen LogP contribution is 2.31. The van der Waals surface area contributed by atoms with Crippen molar-refractivity contribution in [2.45, 2.75) is 58.4 Å². The zero-order valence-corrected chi connectivity index (χ0v) is 13.2. The summed E-state index contributed by atoms with van der Waals surface area (Å²) in [6.45, 7) is 5.58. The van der Waals surface area contributed by atoms with Crippen molar-refractivity contribution in [1.82, 2.24) is 4.98 Å². The summed E-state index contributed by atoms with van der Waals surface area (Å²) in [4.78, 5) is 7.32. The molecular formula is C17H26N4. The van der Waals surface area contributed by atoms with Crippen LogP contribution in [0.5, 0.6) is 0 Å². The number of nitrogens with one attached hydrogen (secondary N) is 1. The zero-order valence-electron chi connectivity index (χ0n) is 13.2. The highest BCUT2D eigenvalue weighted by molar-refractivity contribution is 6.00. The molecule has 0 amide bonds. The maximum absolute atomic E-state index is 7.94. The van der Waals surface area contributed by atoms with Crippen LogP contribution in [0.2, 0.25) is 0 Å². The lowest BCUT2D eigenvalue weighted by Crippen LogP contribution is -2.43. The highest BCUT2D eigenvalue weighted by Gasteiger charge is 2.28. The van der Waals surface area contributed by atoms with Gasteiger partial charge in [0.25, 0.3) is 0 Å². The molecule has 4 nitrogen and oxygen atoms in total. The van der Waals surface area contributed by atoms with E-state index in [-0.39, 0.29) is 5.84 Å². The molecule has 2 heterocycles. The van der Waals surface area contributed by atoms with Crippen molar-refractivity contribution in [2.24, 2.45) is 11.7 Å². The number of nitrogen functional groups attached to an aromatic ring is 1. The lowest BCUT2D eigenvalue weighted by Gasteiger charge is -2.39. The summed E-state index contributed by atoms with van der Waals surface area (Å²) < 4.78 is 0. The Morgan fingerprint density at radius 3 is 2.81 bits per heavy atom. The molecule has 1 fully saturated rings. The number of hydrogen-bond donors (Lipinski definition) is 2. The third kappa shape index (κ3) is 2.76. The van der Waals surface area contributed by atoms with Crippen molar-refractivity contribution in [1.29, 1.82) is 5.41 Å². The molecule has 0 aromatic carbocycles. The molecule has 1 aromatic rings. The van der Waals surface area contributed by atoms with Gasteiger partial charge in [-0.1, -0.05) is 6.92 Å². The molecule has 0 bridgehead atoms. The second-order valence-corrected chi connectivity index (χ2v) is 6.77. The Balaban J connectivity index is 2.04. The van der Waals surface area contributed by atoms with Crippen molar-refractivity contribution in [3.63, 3.8) is 0 Å². The van der Waals surface area contributed by atoms with Gasteiger partial charge in [0.05, 0.1) is 5.56 Å². The first-order chi connectivity index (χ1) is 10.1. The number of nitrogens with two attached hydrogens (primary N) is 1. The normalized spacial score (nSPS) is 25.5. The molecule has 3 rings (SSSR count). The predicted molar refractivity (Wildman–Crippen MR) is 87.1 cm³/mol. The van der Waals surface area contributed by atoms with Crippen LogP contribution in [0.3, 0.4) is 0 Å². The quantitative estimate of drug-likeness (QED) is 0.649. The second-order valence-electron chi connectivity index (χ2n) is 6.77. The van der Waals surface area contributed by atoms with Gasteiger partial charge >= 0.3 is 0 Å². The average Bonchev–Trinajstić information content (AvgIpc) is 2.48. The van der Waals surface area contributed by atoms with E-state index in [4.69, 9.17) is 16.1 Å². The van der Waals surface area contributed by atoms with E-state index in [1.165, 1.54) is 36.9 Å². The molecule has 0 spiro atoms. The smallest absolute Gasteiger partial charge is 0.140 e. The summed E-state index contributed by atoms with van der Waals surface area (Å²) in [5, 5.41) is 7.94. The molecule has 21 heavy (non-hydrogen) atoms. The number of nitrogens with zero attached hydrogens (tertiary/aromatic N) is 2. The third-order valence-electron chi connectivity index (χ3n) is 4.96. The first-order valence-corrected chi connectivity index (χ1v) is 8.20.